The fourth-order valence-corrected chi connectivity index (χ4v) is 4.57. The van der Waals surface area contributed by atoms with Crippen LogP contribution >= 0.6 is 15.2 Å². The van der Waals surface area contributed by atoms with Crippen molar-refractivity contribution >= 4 is 169 Å². The van der Waals surface area contributed by atoms with Crippen LogP contribution in [0.4, 0.5) is 0 Å². The Bertz CT molecular complexity index is 399. The number of rotatable bonds is 17. The van der Waals surface area contributed by atoms with Crippen LogP contribution in [0.5, 0.6) is 0 Å². The van der Waals surface area contributed by atoms with Gasteiger partial charge in [-0.2, -0.15) is 0 Å². The molecule has 0 saturated carbocycles. The van der Waals surface area contributed by atoms with E-state index in [-0.39, 0.29) is 154 Å². The van der Waals surface area contributed by atoms with Crippen molar-refractivity contribution in [2.45, 2.75) is 84.0 Å². The van der Waals surface area contributed by atoms with E-state index in [0.717, 1.165) is 19.3 Å². The van der Waals surface area contributed by atoms with E-state index in [4.69, 9.17) is 19.6 Å². The SMILES string of the molecule is CCCCCCCCCCCCCCN(CP(=O)(O)O)CP(=O)(O)O.[K].[K].[K]. The monoisotopic (exact) mass is 518 g/mol. The van der Waals surface area contributed by atoms with Gasteiger partial charge in [0.2, 0.25) is 0 Å². The second-order valence-corrected chi connectivity index (χ2v) is 10.1. The van der Waals surface area contributed by atoms with E-state index in [1.807, 2.05) is 0 Å². The maximum Gasteiger partial charge on any atom is 0.339 e. The van der Waals surface area contributed by atoms with Gasteiger partial charge in [0.1, 0.15) is 12.6 Å². The Hall–Kier alpha value is 5.17. The Labute approximate surface area is 299 Å². The van der Waals surface area contributed by atoms with Crippen molar-refractivity contribution in [3.05, 3.63) is 0 Å². The molecule has 0 fully saturated rings. The van der Waals surface area contributed by atoms with Crippen molar-refractivity contribution in [1.29, 1.82) is 0 Å². The molecule has 0 spiro atoms. The van der Waals surface area contributed by atoms with E-state index in [9.17, 15) is 9.13 Å². The summed E-state index contributed by atoms with van der Waals surface area (Å²) in [5.74, 6) is 0. The average molecular weight is 519 g/mol. The van der Waals surface area contributed by atoms with E-state index in [0.29, 0.717) is 13.0 Å². The minimum Gasteiger partial charge on any atom is -0.324 e. The average Bonchev–Trinajstić information content (AvgIpc) is 2.45. The van der Waals surface area contributed by atoms with Crippen molar-refractivity contribution in [3.8, 4) is 0 Å². The van der Waals surface area contributed by atoms with Crippen LogP contribution in [-0.2, 0) is 9.13 Å². The van der Waals surface area contributed by atoms with Crippen LogP contribution in [0, 0.1) is 0 Å². The first kappa shape index (κ1) is 40.3. The van der Waals surface area contributed by atoms with Crippen LogP contribution in [-0.4, -0.2) is 198 Å². The Morgan fingerprint density at radius 1 is 0.571 bits per heavy atom. The van der Waals surface area contributed by atoms with Gasteiger partial charge in [0, 0.05) is 154 Å². The molecule has 0 aliphatic heterocycles. The summed E-state index contributed by atoms with van der Waals surface area (Å²) < 4.78 is 22.1. The zero-order valence-corrected chi connectivity index (χ0v) is 29.7. The van der Waals surface area contributed by atoms with Gasteiger partial charge >= 0.3 is 15.2 Å². The van der Waals surface area contributed by atoms with Crippen molar-refractivity contribution < 1.29 is 28.7 Å². The molecule has 7 nitrogen and oxygen atoms in total. The Balaban J connectivity index is -0.000000960. The minimum atomic E-state index is -4.31. The first-order valence-corrected chi connectivity index (χ1v) is 13.0. The second-order valence-electron chi connectivity index (χ2n) is 6.90. The van der Waals surface area contributed by atoms with Gasteiger partial charge in [-0.05, 0) is 13.0 Å². The molecule has 0 saturated heterocycles. The van der Waals surface area contributed by atoms with Gasteiger partial charge in [-0.25, -0.2) is 0 Å². The van der Waals surface area contributed by atoms with E-state index < -0.39 is 27.8 Å². The molecule has 12 heteroatoms. The quantitative estimate of drug-likeness (QED) is 0.133. The molecule has 0 aromatic carbocycles. The van der Waals surface area contributed by atoms with Crippen molar-refractivity contribution in [2.75, 3.05) is 19.1 Å². The third kappa shape index (κ3) is 33.3. The third-order valence-corrected chi connectivity index (χ3v) is 5.63. The zero-order chi connectivity index (χ0) is 19.2. The summed E-state index contributed by atoms with van der Waals surface area (Å²) >= 11 is 0. The van der Waals surface area contributed by atoms with Gasteiger partial charge < -0.3 is 19.6 Å². The maximum atomic E-state index is 11.0. The molecule has 0 aliphatic carbocycles. The second kappa shape index (κ2) is 25.3. The topological polar surface area (TPSA) is 118 Å². The number of unbranched alkanes of at least 4 members (excludes halogenated alkanes) is 11. The van der Waals surface area contributed by atoms with Gasteiger partial charge in [0.25, 0.3) is 0 Å². The first-order chi connectivity index (χ1) is 11.6. The van der Waals surface area contributed by atoms with Crippen LogP contribution in [0.15, 0.2) is 0 Å². The predicted octanol–water partition coefficient (Wildman–Crippen LogP) is 3.12. The normalized spacial score (nSPS) is 11.5. The minimum absolute atomic E-state index is 0. The number of hydrogen-bond donors (Lipinski definition) is 4. The summed E-state index contributed by atoms with van der Waals surface area (Å²) in [7, 11) is -8.62. The maximum absolute atomic E-state index is 11.0. The molecule has 28 heavy (non-hydrogen) atoms. The fourth-order valence-electron chi connectivity index (χ4n) is 2.88. The van der Waals surface area contributed by atoms with E-state index in [1.54, 1.807) is 0 Å². The van der Waals surface area contributed by atoms with Gasteiger partial charge in [0.05, 0.1) is 0 Å². The molecule has 0 aromatic heterocycles. The molecular weight excluding hydrogens is 481 g/mol. The summed E-state index contributed by atoms with van der Waals surface area (Å²) in [5.41, 5.74) is 0. The molecule has 0 amide bonds. The summed E-state index contributed by atoms with van der Waals surface area (Å²) in [6, 6.07) is 0. The molecule has 0 atom stereocenters. The Morgan fingerprint density at radius 2 is 0.857 bits per heavy atom. The smallest absolute Gasteiger partial charge is 0.324 e. The van der Waals surface area contributed by atoms with Gasteiger partial charge in [0.15, 0.2) is 0 Å². The molecule has 0 heterocycles. The van der Waals surface area contributed by atoms with Crippen LogP contribution in [0.3, 0.4) is 0 Å². The fraction of sp³-hybridized carbons (Fsp3) is 1.00. The largest absolute Gasteiger partial charge is 0.339 e. The van der Waals surface area contributed by atoms with Crippen LogP contribution < -0.4 is 0 Å². The van der Waals surface area contributed by atoms with Crippen molar-refractivity contribution in [1.82, 2.24) is 4.90 Å². The summed E-state index contributed by atoms with van der Waals surface area (Å²) in [6.45, 7) is 2.52. The number of hydrogen-bond acceptors (Lipinski definition) is 3. The van der Waals surface area contributed by atoms with E-state index in [2.05, 4.69) is 6.92 Å². The molecule has 0 unspecified atom stereocenters. The molecule has 0 rings (SSSR count). The predicted molar refractivity (Wildman–Crippen MR) is 119 cm³/mol. The Morgan fingerprint density at radius 3 is 1.14 bits per heavy atom. The zero-order valence-electron chi connectivity index (χ0n) is 18.6. The van der Waals surface area contributed by atoms with Crippen molar-refractivity contribution in [2.24, 2.45) is 0 Å². The molecule has 0 aromatic rings. The van der Waals surface area contributed by atoms with Crippen LogP contribution in [0.1, 0.15) is 84.0 Å². The molecule has 155 valence electrons. The molecular formula is C16H37K3NO6P2. The van der Waals surface area contributed by atoms with Crippen LogP contribution in [0.2, 0.25) is 0 Å². The molecule has 0 aliphatic rings. The first-order valence-electron chi connectivity index (χ1n) is 9.45. The molecule has 3 radical (unpaired) electrons. The molecule has 0 bridgehead atoms. The molecule has 4 N–H and O–H groups in total. The standard InChI is InChI=1S/C16H37NO6P2.3K/c1-2-3-4-5-6-7-8-9-10-11-12-13-14-17(15-24(18,19)20)16-25(21,22)23;;;/h2-16H2,1H3,(H2,18,19,20)(H2,21,22,23);;;. The summed E-state index contributed by atoms with van der Waals surface area (Å²) in [6.07, 6.45) is 13.0. The van der Waals surface area contributed by atoms with Gasteiger partial charge in [-0.15, -0.1) is 0 Å². The van der Waals surface area contributed by atoms with Gasteiger partial charge in [-0.3, -0.25) is 14.0 Å². The third-order valence-electron chi connectivity index (χ3n) is 4.10. The van der Waals surface area contributed by atoms with E-state index >= 15 is 0 Å². The van der Waals surface area contributed by atoms with Gasteiger partial charge in [-0.1, -0.05) is 77.6 Å². The Kier molecular flexibility index (Phi) is 36.4. The van der Waals surface area contributed by atoms with Crippen molar-refractivity contribution in [3.63, 3.8) is 0 Å². The van der Waals surface area contributed by atoms with E-state index in [1.165, 1.54) is 56.3 Å². The summed E-state index contributed by atoms with van der Waals surface area (Å²) in [5, 5.41) is 0. The van der Waals surface area contributed by atoms with Crippen LogP contribution in [0.25, 0.3) is 0 Å². The number of nitrogens with zero attached hydrogens (tertiary/aromatic N) is 1. The summed E-state index contributed by atoms with van der Waals surface area (Å²) in [4.78, 5) is 37.1.